The van der Waals surface area contributed by atoms with Crippen LogP contribution in [-0.2, 0) is 14.3 Å². The molecule has 138 valence electrons. The number of carbonyl (C=O) groups is 2. The number of benzene rings is 2. The molecule has 27 heavy (non-hydrogen) atoms. The predicted octanol–water partition coefficient (Wildman–Crippen LogP) is 2.16. The average molecular weight is 366 g/mol. The molecule has 1 heterocycles. The second-order valence-electron chi connectivity index (χ2n) is 5.60. The van der Waals surface area contributed by atoms with Gasteiger partial charge in [-0.25, -0.2) is 4.98 Å². The van der Waals surface area contributed by atoms with E-state index in [0.717, 1.165) is 4.68 Å². The summed E-state index contributed by atoms with van der Waals surface area (Å²) >= 11 is 0. The highest BCUT2D eigenvalue weighted by Gasteiger charge is 2.16. The number of anilines is 2. The molecule has 1 aromatic heterocycles. The van der Waals surface area contributed by atoms with E-state index >= 15 is 0 Å². The molecule has 0 saturated carbocycles. The van der Waals surface area contributed by atoms with Gasteiger partial charge in [-0.15, -0.1) is 0 Å². The number of nitrogens with zero attached hydrogens (tertiary/aromatic N) is 2. The molecular formula is C19H18N4O4. The first kappa shape index (κ1) is 18.1. The van der Waals surface area contributed by atoms with Crippen molar-refractivity contribution in [3.63, 3.8) is 0 Å². The SMILES string of the molecule is CCOC(=O)CC(=O)Nn1c(Nc2ccccc2)nc2ccccc2c1=O. The van der Waals surface area contributed by atoms with Crippen LogP contribution >= 0.6 is 0 Å². The van der Waals surface area contributed by atoms with Gasteiger partial charge in [-0.1, -0.05) is 30.3 Å². The number of hydrogen-bond donors (Lipinski definition) is 2. The standard InChI is InChI=1S/C19H18N4O4/c1-2-27-17(25)12-16(24)22-23-18(26)14-10-6-7-11-15(14)21-19(23)20-13-8-4-3-5-9-13/h3-11H,2,12H2,1H3,(H,20,21)(H,22,24). The highest BCUT2D eigenvalue weighted by molar-refractivity contribution is 5.98. The monoisotopic (exact) mass is 366 g/mol. The van der Waals surface area contributed by atoms with E-state index < -0.39 is 23.9 Å². The maximum atomic E-state index is 12.8. The maximum Gasteiger partial charge on any atom is 0.315 e. The minimum atomic E-state index is -0.677. The zero-order valence-corrected chi connectivity index (χ0v) is 14.6. The van der Waals surface area contributed by atoms with Crippen LogP contribution < -0.4 is 16.3 Å². The van der Waals surface area contributed by atoms with Crippen LogP contribution in [0.4, 0.5) is 11.6 Å². The molecular weight excluding hydrogens is 348 g/mol. The summed E-state index contributed by atoms with van der Waals surface area (Å²) in [6.45, 7) is 1.82. The Bertz CT molecular complexity index is 1030. The second-order valence-corrected chi connectivity index (χ2v) is 5.60. The van der Waals surface area contributed by atoms with Crippen LogP contribution in [0.3, 0.4) is 0 Å². The first-order chi connectivity index (χ1) is 13.1. The van der Waals surface area contributed by atoms with Gasteiger partial charge in [0.15, 0.2) is 0 Å². The molecule has 0 saturated heterocycles. The predicted molar refractivity (Wildman–Crippen MR) is 101 cm³/mol. The molecule has 3 aromatic rings. The lowest BCUT2D eigenvalue weighted by Gasteiger charge is -2.15. The van der Waals surface area contributed by atoms with Crippen molar-refractivity contribution in [2.75, 3.05) is 17.3 Å². The van der Waals surface area contributed by atoms with Crippen molar-refractivity contribution >= 4 is 34.4 Å². The fourth-order valence-corrected chi connectivity index (χ4v) is 2.48. The lowest BCUT2D eigenvalue weighted by atomic mass is 10.2. The Morgan fingerprint density at radius 3 is 2.52 bits per heavy atom. The number of amides is 1. The van der Waals surface area contributed by atoms with E-state index in [1.807, 2.05) is 18.2 Å². The van der Waals surface area contributed by atoms with Crippen LogP contribution in [0, 0.1) is 0 Å². The van der Waals surface area contributed by atoms with Crippen molar-refractivity contribution in [1.82, 2.24) is 9.66 Å². The third kappa shape index (κ3) is 4.30. The number of carbonyl (C=O) groups excluding carboxylic acids is 2. The molecule has 0 aliphatic rings. The molecule has 8 nitrogen and oxygen atoms in total. The molecule has 0 aliphatic heterocycles. The largest absolute Gasteiger partial charge is 0.466 e. The minimum Gasteiger partial charge on any atom is -0.466 e. The van der Waals surface area contributed by atoms with E-state index in [4.69, 9.17) is 4.74 Å². The van der Waals surface area contributed by atoms with Gasteiger partial charge in [0.25, 0.3) is 5.56 Å². The number of para-hydroxylation sites is 2. The summed E-state index contributed by atoms with van der Waals surface area (Å²) in [4.78, 5) is 40.9. The van der Waals surface area contributed by atoms with Crippen LogP contribution in [-0.4, -0.2) is 28.1 Å². The maximum absolute atomic E-state index is 12.8. The zero-order valence-electron chi connectivity index (χ0n) is 14.6. The van der Waals surface area contributed by atoms with Gasteiger partial charge < -0.3 is 10.1 Å². The first-order valence-corrected chi connectivity index (χ1v) is 8.38. The summed E-state index contributed by atoms with van der Waals surface area (Å²) in [6, 6.07) is 15.9. The summed E-state index contributed by atoms with van der Waals surface area (Å²) in [7, 11) is 0. The Morgan fingerprint density at radius 1 is 1.07 bits per heavy atom. The van der Waals surface area contributed by atoms with Crippen molar-refractivity contribution in [3.05, 3.63) is 65.0 Å². The summed E-state index contributed by atoms with van der Waals surface area (Å²) in [5.41, 5.74) is 3.13. The molecule has 0 fully saturated rings. The van der Waals surface area contributed by atoms with E-state index in [9.17, 15) is 14.4 Å². The van der Waals surface area contributed by atoms with Gasteiger partial charge in [-0.05, 0) is 31.2 Å². The summed E-state index contributed by atoms with van der Waals surface area (Å²) in [6.07, 6.45) is -0.502. The van der Waals surface area contributed by atoms with Crippen molar-refractivity contribution in [2.45, 2.75) is 13.3 Å². The van der Waals surface area contributed by atoms with Crippen LogP contribution in [0.5, 0.6) is 0 Å². The molecule has 0 unspecified atom stereocenters. The molecule has 8 heteroatoms. The van der Waals surface area contributed by atoms with Crippen LogP contribution in [0.2, 0.25) is 0 Å². The third-order valence-corrected chi connectivity index (χ3v) is 3.65. The Morgan fingerprint density at radius 2 is 1.78 bits per heavy atom. The van der Waals surface area contributed by atoms with Crippen molar-refractivity contribution in [3.8, 4) is 0 Å². The van der Waals surface area contributed by atoms with Crippen molar-refractivity contribution < 1.29 is 14.3 Å². The number of esters is 1. The normalized spacial score (nSPS) is 10.4. The van der Waals surface area contributed by atoms with Crippen molar-refractivity contribution in [2.24, 2.45) is 0 Å². The summed E-state index contributed by atoms with van der Waals surface area (Å²) in [5.74, 6) is -1.22. The second kappa shape index (κ2) is 8.13. The molecule has 0 spiro atoms. The van der Waals surface area contributed by atoms with Crippen LogP contribution in [0.15, 0.2) is 59.4 Å². The van der Waals surface area contributed by atoms with Gasteiger partial charge in [-0.3, -0.25) is 19.8 Å². The first-order valence-electron chi connectivity index (χ1n) is 8.38. The number of nitrogens with one attached hydrogen (secondary N) is 2. The van der Waals surface area contributed by atoms with Gasteiger partial charge in [0.1, 0.15) is 6.42 Å². The fraction of sp³-hybridized carbons (Fsp3) is 0.158. The molecule has 2 aromatic carbocycles. The van der Waals surface area contributed by atoms with Crippen LogP contribution in [0.25, 0.3) is 10.9 Å². The highest BCUT2D eigenvalue weighted by Crippen LogP contribution is 2.15. The number of hydrogen-bond acceptors (Lipinski definition) is 6. The van der Waals surface area contributed by atoms with E-state index in [2.05, 4.69) is 15.7 Å². The number of ether oxygens (including phenoxy) is 1. The Kier molecular flexibility index (Phi) is 5.46. The fourth-order valence-electron chi connectivity index (χ4n) is 2.48. The minimum absolute atomic E-state index is 0.127. The van der Waals surface area contributed by atoms with E-state index in [1.165, 1.54) is 0 Å². The van der Waals surface area contributed by atoms with Gasteiger partial charge in [0, 0.05) is 5.69 Å². The lowest BCUT2D eigenvalue weighted by molar-refractivity contribution is -0.145. The van der Waals surface area contributed by atoms with E-state index in [1.54, 1.807) is 43.3 Å². The van der Waals surface area contributed by atoms with E-state index in [0.29, 0.717) is 16.6 Å². The molecule has 0 bridgehead atoms. The third-order valence-electron chi connectivity index (χ3n) is 3.65. The average Bonchev–Trinajstić information content (AvgIpc) is 2.66. The van der Waals surface area contributed by atoms with Gasteiger partial charge in [0.05, 0.1) is 17.5 Å². The summed E-state index contributed by atoms with van der Waals surface area (Å²) in [5, 5.41) is 3.35. The van der Waals surface area contributed by atoms with Crippen molar-refractivity contribution in [1.29, 1.82) is 0 Å². The lowest BCUT2D eigenvalue weighted by Crippen LogP contribution is -2.36. The Balaban J connectivity index is 1.99. The highest BCUT2D eigenvalue weighted by atomic mass is 16.5. The number of rotatable bonds is 6. The smallest absolute Gasteiger partial charge is 0.315 e. The van der Waals surface area contributed by atoms with Gasteiger partial charge in [0.2, 0.25) is 11.9 Å². The summed E-state index contributed by atoms with van der Waals surface area (Å²) < 4.78 is 5.76. The zero-order chi connectivity index (χ0) is 19.2. The van der Waals surface area contributed by atoms with Gasteiger partial charge >= 0.3 is 5.97 Å². The van der Waals surface area contributed by atoms with Gasteiger partial charge in [-0.2, -0.15) is 4.68 Å². The Labute approximate surface area is 154 Å². The van der Waals surface area contributed by atoms with Crippen LogP contribution in [0.1, 0.15) is 13.3 Å². The van der Waals surface area contributed by atoms with E-state index in [-0.39, 0.29) is 12.6 Å². The Hall–Kier alpha value is -3.68. The molecule has 1 amide bonds. The quantitative estimate of drug-likeness (QED) is 0.512. The molecule has 3 rings (SSSR count). The topological polar surface area (TPSA) is 102 Å². The number of fused-ring (bicyclic) bond motifs is 1. The molecule has 0 atom stereocenters. The molecule has 0 radical (unpaired) electrons. The molecule has 2 N–H and O–H groups in total. The number of aromatic nitrogens is 2. The molecule has 0 aliphatic carbocycles.